The molecule has 5 nitrogen and oxygen atoms in total. The van der Waals surface area contributed by atoms with Gasteiger partial charge in [-0.1, -0.05) is 11.6 Å². The fourth-order valence-corrected chi connectivity index (χ4v) is 2.96. The summed E-state index contributed by atoms with van der Waals surface area (Å²) in [5, 5.41) is 14.9. The monoisotopic (exact) mass is 346 g/mol. The summed E-state index contributed by atoms with van der Waals surface area (Å²) in [4.78, 5) is 16.4. The first-order valence-corrected chi connectivity index (χ1v) is 8.94. The van der Waals surface area contributed by atoms with E-state index < -0.39 is 0 Å². The minimum Gasteiger partial charge on any atom is -0.354 e. The zero-order valence-electron chi connectivity index (χ0n) is 14.7. The topological polar surface area (TPSA) is 77.8 Å². The SMILES string of the molecule is N#Cc1ccc(Nc2ccc(C(=O)NCCC3=CCCCC3)nc2)cc1. The molecule has 0 aliphatic heterocycles. The molecule has 0 fully saturated rings. The second-order valence-electron chi connectivity index (χ2n) is 6.36. The van der Waals surface area contributed by atoms with Crippen molar-refractivity contribution in [3.63, 3.8) is 0 Å². The van der Waals surface area contributed by atoms with Crippen LogP contribution in [0.1, 0.15) is 48.2 Å². The molecule has 1 aliphatic rings. The van der Waals surface area contributed by atoms with Crippen LogP contribution < -0.4 is 10.6 Å². The van der Waals surface area contributed by atoms with Crippen LogP contribution in [0.15, 0.2) is 54.2 Å². The van der Waals surface area contributed by atoms with Crippen molar-refractivity contribution < 1.29 is 4.79 Å². The van der Waals surface area contributed by atoms with E-state index in [0.717, 1.165) is 24.2 Å². The quantitative estimate of drug-likeness (QED) is 0.764. The van der Waals surface area contributed by atoms with Crippen molar-refractivity contribution in [3.05, 3.63) is 65.5 Å². The number of rotatable bonds is 6. The molecule has 1 amide bonds. The number of nitrogens with one attached hydrogen (secondary N) is 2. The maximum Gasteiger partial charge on any atom is 0.269 e. The summed E-state index contributed by atoms with van der Waals surface area (Å²) in [6.45, 7) is 0.650. The van der Waals surface area contributed by atoms with Crippen LogP contribution in [0.2, 0.25) is 0 Å². The fraction of sp³-hybridized carbons (Fsp3) is 0.286. The van der Waals surface area contributed by atoms with Gasteiger partial charge in [0.05, 0.1) is 23.5 Å². The summed E-state index contributed by atoms with van der Waals surface area (Å²) in [6, 6.07) is 12.8. The summed E-state index contributed by atoms with van der Waals surface area (Å²) in [5.74, 6) is -0.147. The van der Waals surface area contributed by atoms with Crippen LogP contribution >= 0.6 is 0 Å². The van der Waals surface area contributed by atoms with Crippen molar-refractivity contribution in [2.45, 2.75) is 32.1 Å². The van der Waals surface area contributed by atoms with Crippen molar-refractivity contribution in [3.8, 4) is 6.07 Å². The summed E-state index contributed by atoms with van der Waals surface area (Å²) >= 11 is 0. The molecule has 0 spiro atoms. The van der Waals surface area contributed by atoms with Gasteiger partial charge in [0, 0.05) is 12.2 Å². The summed E-state index contributed by atoms with van der Waals surface area (Å²) in [6.07, 6.45) is 9.72. The zero-order chi connectivity index (χ0) is 18.2. The average Bonchev–Trinajstić information content (AvgIpc) is 2.70. The van der Waals surface area contributed by atoms with E-state index in [1.165, 1.54) is 24.8 Å². The Morgan fingerprint density at radius 3 is 2.58 bits per heavy atom. The van der Waals surface area contributed by atoms with Crippen molar-refractivity contribution in [1.29, 1.82) is 5.26 Å². The Morgan fingerprint density at radius 2 is 1.92 bits per heavy atom. The maximum atomic E-state index is 12.2. The molecule has 1 aliphatic carbocycles. The molecule has 1 aromatic carbocycles. The van der Waals surface area contributed by atoms with Crippen LogP contribution in [0.5, 0.6) is 0 Å². The molecule has 132 valence electrons. The van der Waals surface area contributed by atoms with Gasteiger partial charge in [0.15, 0.2) is 0 Å². The van der Waals surface area contributed by atoms with Gasteiger partial charge in [-0.2, -0.15) is 5.26 Å². The number of carbonyl (C=O) groups is 1. The average molecular weight is 346 g/mol. The molecule has 1 heterocycles. The van der Waals surface area contributed by atoms with Crippen LogP contribution in [-0.2, 0) is 0 Å². The lowest BCUT2D eigenvalue weighted by Crippen LogP contribution is -2.25. The number of anilines is 2. The van der Waals surface area contributed by atoms with Crippen molar-refractivity contribution in [2.75, 3.05) is 11.9 Å². The lowest BCUT2D eigenvalue weighted by Gasteiger charge is -2.13. The fourth-order valence-electron chi connectivity index (χ4n) is 2.96. The number of carbonyl (C=O) groups excluding carboxylic acids is 1. The standard InChI is InChI=1S/C21H22N4O/c22-14-17-6-8-18(9-7-17)25-19-10-11-20(24-15-19)21(26)23-13-12-16-4-2-1-3-5-16/h4,6-11,15,25H,1-3,5,12-13H2,(H,23,26). The second kappa shape index (κ2) is 8.82. The van der Waals surface area contributed by atoms with E-state index in [1.54, 1.807) is 24.4 Å². The third-order valence-electron chi connectivity index (χ3n) is 4.42. The molecule has 26 heavy (non-hydrogen) atoms. The summed E-state index contributed by atoms with van der Waals surface area (Å²) in [5.41, 5.74) is 4.13. The number of allylic oxidation sites excluding steroid dienone is 1. The zero-order valence-corrected chi connectivity index (χ0v) is 14.7. The van der Waals surface area contributed by atoms with Gasteiger partial charge in [0.25, 0.3) is 5.91 Å². The first-order valence-electron chi connectivity index (χ1n) is 8.94. The largest absolute Gasteiger partial charge is 0.354 e. The van der Waals surface area contributed by atoms with Crippen molar-refractivity contribution in [2.24, 2.45) is 0 Å². The molecule has 0 saturated carbocycles. The number of hydrogen-bond donors (Lipinski definition) is 2. The van der Waals surface area contributed by atoms with Gasteiger partial charge in [-0.3, -0.25) is 4.79 Å². The van der Waals surface area contributed by atoms with E-state index in [4.69, 9.17) is 5.26 Å². The number of hydrogen-bond acceptors (Lipinski definition) is 4. The second-order valence-corrected chi connectivity index (χ2v) is 6.36. The Kier molecular flexibility index (Phi) is 6.00. The predicted octanol–water partition coefficient (Wildman–Crippen LogP) is 4.32. The Balaban J connectivity index is 1.50. The van der Waals surface area contributed by atoms with E-state index in [2.05, 4.69) is 27.8 Å². The Labute approximate surface area is 153 Å². The maximum absolute atomic E-state index is 12.2. The van der Waals surface area contributed by atoms with E-state index in [1.807, 2.05) is 18.2 Å². The molecule has 0 saturated heterocycles. The molecule has 0 atom stereocenters. The van der Waals surface area contributed by atoms with Crippen LogP contribution in [0.3, 0.4) is 0 Å². The molecule has 2 N–H and O–H groups in total. The normalized spacial score (nSPS) is 13.4. The van der Waals surface area contributed by atoms with Gasteiger partial charge < -0.3 is 10.6 Å². The minimum atomic E-state index is -0.147. The van der Waals surface area contributed by atoms with Crippen LogP contribution in [0.25, 0.3) is 0 Å². The van der Waals surface area contributed by atoms with Crippen molar-refractivity contribution >= 4 is 17.3 Å². The number of nitrogens with zero attached hydrogens (tertiary/aromatic N) is 2. The lowest BCUT2D eigenvalue weighted by molar-refractivity contribution is 0.0949. The smallest absolute Gasteiger partial charge is 0.269 e. The minimum absolute atomic E-state index is 0.147. The van der Waals surface area contributed by atoms with Crippen LogP contribution in [-0.4, -0.2) is 17.4 Å². The number of pyridine rings is 1. The summed E-state index contributed by atoms with van der Waals surface area (Å²) < 4.78 is 0. The van der Waals surface area contributed by atoms with Gasteiger partial charge in [-0.05, 0) is 68.5 Å². The van der Waals surface area contributed by atoms with Gasteiger partial charge in [0.2, 0.25) is 0 Å². The highest BCUT2D eigenvalue weighted by Crippen LogP contribution is 2.19. The highest BCUT2D eigenvalue weighted by Gasteiger charge is 2.08. The van der Waals surface area contributed by atoms with E-state index in [0.29, 0.717) is 17.8 Å². The lowest BCUT2D eigenvalue weighted by atomic mass is 9.97. The van der Waals surface area contributed by atoms with Gasteiger partial charge in [-0.15, -0.1) is 0 Å². The van der Waals surface area contributed by atoms with E-state index >= 15 is 0 Å². The number of benzene rings is 1. The third kappa shape index (κ3) is 4.93. The summed E-state index contributed by atoms with van der Waals surface area (Å²) in [7, 11) is 0. The molecular weight excluding hydrogens is 324 g/mol. The van der Waals surface area contributed by atoms with Crippen LogP contribution in [0.4, 0.5) is 11.4 Å². The van der Waals surface area contributed by atoms with Gasteiger partial charge in [-0.25, -0.2) is 4.98 Å². The predicted molar refractivity (Wildman–Crippen MR) is 102 cm³/mol. The molecule has 1 aromatic heterocycles. The molecule has 0 radical (unpaired) electrons. The Morgan fingerprint density at radius 1 is 1.12 bits per heavy atom. The first-order chi connectivity index (χ1) is 12.7. The van der Waals surface area contributed by atoms with E-state index in [9.17, 15) is 4.79 Å². The Hall–Kier alpha value is -3.13. The molecule has 3 rings (SSSR count). The highest BCUT2D eigenvalue weighted by atomic mass is 16.1. The van der Waals surface area contributed by atoms with Gasteiger partial charge in [0.1, 0.15) is 5.69 Å². The molecule has 5 heteroatoms. The Bertz CT molecular complexity index is 817. The van der Waals surface area contributed by atoms with Crippen LogP contribution in [0, 0.1) is 11.3 Å². The molecular formula is C21H22N4O. The number of amides is 1. The number of nitriles is 1. The third-order valence-corrected chi connectivity index (χ3v) is 4.42. The van der Waals surface area contributed by atoms with Crippen molar-refractivity contribution in [1.82, 2.24) is 10.3 Å². The number of aromatic nitrogens is 1. The first kappa shape index (κ1) is 17.7. The molecule has 2 aromatic rings. The van der Waals surface area contributed by atoms with Gasteiger partial charge >= 0.3 is 0 Å². The highest BCUT2D eigenvalue weighted by molar-refractivity contribution is 5.92. The molecule has 0 unspecified atom stereocenters. The van der Waals surface area contributed by atoms with E-state index in [-0.39, 0.29) is 5.91 Å². The molecule has 0 bridgehead atoms.